The molecule has 2 fully saturated rings. The Morgan fingerprint density at radius 2 is 2.00 bits per heavy atom. The normalized spacial score (nSPS) is 22.8. The first-order valence-electron chi connectivity index (χ1n) is 8.82. The quantitative estimate of drug-likeness (QED) is 0.808. The van der Waals surface area contributed by atoms with Crippen molar-refractivity contribution >= 4 is 5.91 Å². The van der Waals surface area contributed by atoms with Crippen LogP contribution in [0.5, 0.6) is 0 Å². The molecule has 0 aromatic heterocycles. The topological polar surface area (TPSA) is 32.8 Å². The van der Waals surface area contributed by atoms with Crippen molar-refractivity contribution in [1.82, 2.24) is 9.80 Å². The standard InChI is InChI=1S/C19H28N2O2/c1-20-11-5-8-16(12-20)9-10-19(22)21-13-18(14-21)23-15-17-6-3-2-4-7-17/h2-4,6-7,16,18H,5,8-15H2,1H3/t16-/m0/s1. The summed E-state index contributed by atoms with van der Waals surface area (Å²) in [6.07, 6.45) is 4.49. The molecule has 3 rings (SSSR count). The minimum Gasteiger partial charge on any atom is -0.370 e. The maximum absolute atomic E-state index is 12.2. The number of carbonyl (C=O) groups is 1. The monoisotopic (exact) mass is 316 g/mol. The zero-order chi connectivity index (χ0) is 16.1. The molecule has 0 aliphatic carbocycles. The zero-order valence-corrected chi connectivity index (χ0v) is 14.1. The van der Waals surface area contributed by atoms with Crippen LogP contribution in [0.15, 0.2) is 30.3 Å². The minimum atomic E-state index is 0.208. The van der Waals surface area contributed by atoms with Crippen LogP contribution in [-0.4, -0.2) is 55.0 Å². The van der Waals surface area contributed by atoms with E-state index in [1.165, 1.54) is 24.9 Å². The highest BCUT2D eigenvalue weighted by Gasteiger charge is 2.31. The first-order valence-corrected chi connectivity index (χ1v) is 8.82. The molecule has 1 aromatic carbocycles. The number of benzene rings is 1. The van der Waals surface area contributed by atoms with Gasteiger partial charge in [0.15, 0.2) is 0 Å². The number of ether oxygens (including phenoxy) is 1. The van der Waals surface area contributed by atoms with Crippen LogP contribution in [-0.2, 0) is 16.1 Å². The molecule has 4 heteroatoms. The highest BCUT2D eigenvalue weighted by atomic mass is 16.5. The van der Waals surface area contributed by atoms with Crippen LogP contribution >= 0.6 is 0 Å². The number of hydrogen-bond acceptors (Lipinski definition) is 3. The van der Waals surface area contributed by atoms with E-state index in [0.29, 0.717) is 24.9 Å². The fourth-order valence-corrected chi connectivity index (χ4v) is 3.53. The molecule has 0 unspecified atom stereocenters. The lowest BCUT2D eigenvalue weighted by Crippen LogP contribution is -2.54. The second kappa shape index (κ2) is 7.93. The first-order chi connectivity index (χ1) is 11.2. The van der Waals surface area contributed by atoms with Crippen LogP contribution in [0, 0.1) is 5.92 Å². The van der Waals surface area contributed by atoms with Gasteiger partial charge in [-0.2, -0.15) is 0 Å². The Hall–Kier alpha value is -1.39. The Morgan fingerprint density at radius 3 is 2.74 bits per heavy atom. The minimum absolute atomic E-state index is 0.208. The molecule has 0 radical (unpaired) electrons. The fraction of sp³-hybridized carbons (Fsp3) is 0.632. The van der Waals surface area contributed by atoms with Crippen LogP contribution in [0.1, 0.15) is 31.2 Å². The van der Waals surface area contributed by atoms with Gasteiger partial charge in [-0.05, 0) is 44.3 Å². The van der Waals surface area contributed by atoms with E-state index in [2.05, 4.69) is 24.1 Å². The summed E-state index contributed by atoms with van der Waals surface area (Å²) in [5.41, 5.74) is 1.19. The molecule has 2 aliphatic rings. The summed E-state index contributed by atoms with van der Waals surface area (Å²) >= 11 is 0. The van der Waals surface area contributed by atoms with Crippen LogP contribution in [0.25, 0.3) is 0 Å². The van der Waals surface area contributed by atoms with E-state index in [1.54, 1.807) is 0 Å². The second-order valence-corrected chi connectivity index (χ2v) is 7.03. The molecular formula is C19H28N2O2. The molecule has 0 bridgehead atoms. The van der Waals surface area contributed by atoms with Gasteiger partial charge < -0.3 is 14.5 Å². The number of hydrogen-bond donors (Lipinski definition) is 0. The van der Waals surface area contributed by atoms with E-state index < -0.39 is 0 Å². The maximum atomic E-state index is 12.2. The Kier molecular flexibility index (Phi) is 5.68. The predicted octanol–water partition coefficient (Wildman–Crippen LogP) is 2.54. The third-order valence-electron chi connectivity index (χ3n) is 5.02. The first kappa shape index (κ1) is 16.5. The van der Waals surface area contributed by atoms with Gasteiger partial charge >= 0.3 is 0 Å². The Labute approximate surface area is 139 Å². The van der Waals surface area contributed by atoms with Gasteiger partial charge in [0.25, 0.3) is 0 Å². The molecule has 0 saturated carbocycles. The van der Waals surface area contributed by atoms with Crippen molar-refractivity contribution < 1.29 is 9.53 Å². The molecule has 23 heavy (non-hydrogen) atoms. The third kappa shape index (κ3) is 4.79. The van der Waals surface area contributed by atoms with Crippen LogP contribution < -0.4 is 0 Å². The summed E-state index contributed by atoms with van der Waals surface area (Å²) in [6, 6.07) is 10.2. The largest absolute Gasteiger partial charge is 0.370 e. The summed E-state index contributed by atoms with van der Waals surface area (Å²) in [6.45, 7) is 4.52. The van der Waals surface area contributed by atoms with Gasteiger partial charge in [0.2, 0.25) is 5.91 Å². The van der Waals surface area contributed by atoms with E-state index in [0.717, 1.165) is 26.1 Å². The van der Waals surface area contributed by atoms with Gasteiger partial charge in [-0.25, -0.2) is 0 Å². The van der Waals surface area contributed by atoms with Gasteiger partial charge in [-0.1, -0.05) is 30.3 Å². The summed E-state index contributed by atoms with van der Waals surface area (Å²) < 4.78 is 5.85. The van der Waals surface area contributed by atoms with E-state index >= 15 is 0 Å². The lowest BCUT2D eigenvalue weighted by atomic mass is 9.93. The summed E-state index contributed by atoms with van der Waals surface area (Å²) in [5, 5.41) is 0. The van der Waals surface area contributed by atoms with E-state index in [-0.39, 0.29) is 6.10 Å². The predicted molar refractivity (Wildman–Crippen MR) is 91.1 cm³/mol. The smallest absolute Gasteiger partial charge is 0.222 e. The Balaban J connectivity index is 1.30. The van der Waals surface area contributed by atoms with Crippen LogP contribution in [0.4, 0.5) is 0 Å². The number of rotatable bonds is 6. The number of nitrogens with zero attached hydrogens (tertiary/aromatic N) is 2. The van der Waals surface area contributed by atoms with E-state index in [4.69, 9.17) is 4.74 Å². The van der Waals surface area contributed by atoms with Crippen molar-refractivity contribution in [2.24, 2.45) is 5.92 Å². The average molecular weight is 316 g/mol. The summed E-state index contributed by atoms with van der Waals surface area (Å²) in [4.78, 5) is 16.6. The Bertz CT molecular complexity index is 499. The molecule has 2 saturated heterocycles. The number of likely N-dealkylation sites (tertiary alicyclic amines) is 2. The molecule has 2 aliphatic heterocycles. The van der Waals surface area contributed by atoms with E-state index in [1.807, 2.05) is 23.1 Å². The molecule has 1 atom stereocenters. The van der Waals surface area contributed by atoms with Crippen molar-refractivity contribution in [2.45, 2.75) is 38.4 Å². The fourth-order valence-electron chi connectivity index (χ4n) is 3.53. The lowest BCUT2D eigenvalue weighted by Gasteiger charge is -2.39. The van der Waals surface area contributed by atoms with Gasteiger partial charge in [-0.15, -0.1) is 0 Å². The molecular weight excluding hydrogens is 288 g/mol. The highest BCUT2D eigenvalue weighted by molar-refractivity contribution is 5.77. The molecule has 2 heterocycles. The average Bonchev–Trinajstić information content (AvgIpc) is 2.52. The Morgan fingerprint density at radius 1 is 1.22 bits per heavy atom. The van der Waals surface area contributed by atoms with Gasteiger partial charge in [0.1, 0.15) is 0 Å². The van der Waals surface area contributed by atoms with Crippen molar-refractivity contribution in [3.05, 3.63) is 35.9 Å². The lowest BCUT2D eigenvalue weighted by molar-refractivity contribution is -0.146. The molecule has 1 aromatic rings. The van der Waals surface area contributed by atoms with Crippen molar-refractivity contribution in [2.75, 3.05) is 33.2 Å². The zero-order valence-electron chi connectivity index (χ0n) is 14.1. The van der Waals surface area contributed by atoms with Crippen molar-refractivity contribution in [3.8, 4) is 0 Å². The molecule has 126 valence electrons. The maximum Gasteiger partial charge on any atom is 0.222 e. The third-order valence-corrected chi connectivity index (χ3v) is 5.02. The van der Waals surface area contributed by atoms with Gasteiger partial charge in [0.05, 0.1) is 12.7 Å². The summed E-state index contributed by atoms with van der Waals surface area (Å²) in [7, 11) is 2.18. The SMILES string of the molecule is CN1CCC[C@@H](CCC(=O)N2CC(OCc3ccccc3)C2)C1. The second-order valence-electron chi connectivity index (χ2n) is 7.03. The van der Waals surface area contributed by atoms with Crippen molar-refractivity contribution in [3.63, 3.8) is 0 Å². The van der Waals surface area contributed by atoms with Gasteiger partial charge in [0, 0.05) is 26.1 Å². The highest BCUT2D eigenvalue weighted by Crippen LogP contribution is 2.22. The van der Waals surface area contributed by atoms with Crippen LogP contribution in [0.3, 0.4) is 0 Å². The number of piperidine rings is 1. The molecule has 1 amide bonds. The van der Waals surface area contributed by atoms with Crippen LogP contribution in [0.2, 0.25) is 0 Å². The molecule has 0 N–H and O–H groups in total. The van der Waals surface area contributed by atoms with E-state index in [9.17, 15) is 4.79 Å². The van der Waals surface area contributed by atoms with Gasteiger partial charge in [-0.3, -0.25) is 4.79 Å². The van der Waals surface area contributed by atoms with Crippen molar-refractivity contribution in [1.29, 1.82) is 0 Å². The summed E-state index contributed by atoms with van der Waals surface area (Å²) in [5.74, 6) is 1.00. The molecule has 4 nitrogen and oxygen atoms in total. The number of carbonyl (C=O) groups excluding carboxylic acids is 1. The molecule has 0 spiro atoms. The number of amides is 1.